The maximum Gasteiger partial charge on any atom is 0.264 e. The number of hydrogen-bond donors (Lipinski definition) is 1. The van der Waals surface area contributed by atoms with Gasteiger partial charge in [-0.25, -0.2) is 12.8 Å². The first-order valence-electron chi connectivity index (χ1n) is 14.7. The lowest BCUT2D eigenvalue weighted by molar-refractivity contribution is -0.140. The molecule has 2 amide bonds. The van der Waals surface area contributed by atoms with Crippen LogP contribution in [0.3, 0.4) is 0 Å². The summed E-state index contributed by atoms with van der Waals surface area (Å²) in [4.78, 5) is 29.5. The molecule has 0 spiro atoms. The zero-order valence-electron chi connectivity index (χ0n) is 25.5. The number of hydrogen-bond acceptors (Lipinski definition) is 4. The summed E-state index contributed by atoms with van der Waals surface area (Å²) in [5.74, 6) is -1.41. The van der Waals surface area contributed by atoms with E-state index in [1.54, 1.807) is 49.4 Å². The minimum absolute atomic E-state index is 0.0156. The molecule has 0 aliphatic carbocycles. The zero-order chi connectivity index (χ0) is 32.6. The quantitative estimate of drug-likeness (QED) is 0.180. The molecule has 7 nitrogen and oxygen atoms in total. The van der Waals surface area contributed by atoms with Crippen LogP contribution in [0, 0.1) is 19.7 Å². The fourth-order valence-corrected chi connectivity index (χ4v) is 6.66. The van der Waals surface area contributed by atoms with Gasteiger partial charge < -0.3 is 10.2 Å². The number of carbonyl (C=O) groups is 2. The van der Waals surface area contributed by atoms with Gasteiger partial charge in [0.05, 0.1) is 10.6 Å². The molecule has 0 unspecified atom stereocenters. The molecule has 0 aromatic heterocycles. The smallest absolute Gasteiger partial charge is 0.264 e. The number of anilines is 1. The maximum absolute atomic E-state index is 14.5. The minimum Gasteiger partial charge on any atom is -0.354 e. The number of nitrogens with zero attached hydrogens (tertiary/aromatic N) is 2. The van der Waals surface area contributed by atoms with Crippen molar-refractivity contribution < 1.29 is 22.4 Å². The third-order valence-corrected chi connectivity index (χ3v) is 9.41. The van der Waals surface area contributed by atoms with Crippen molar-refractivity contribution in [2.24, 2.45) is 0 Å². The molecule has 0 aliphatic heterocycles. The highest BCUT2D eigenvalue weighted by Gasteiger charge is 2.35. The number of nitrogens with one attached hydrogen (secondary N) is 1. The summed E-state index contributed by atoms with van der Waals surface area (Å²) in [6.45, 7) is 5.26. The molecule has 0 aliphatic rings. The molecule has 45 heavy (non-hydrogen) atoms. The number of rotatable bonds is 13. The molecule has 236 valence electrons. The molecule has 0 radical (unpaired) electrons. The molecule has 1 atom stereocenters. The number of sulfonamides is 1. The molecule has 4 rings (SSSR count). The molecule has 4 aromatic rings. The lowest BCUT2D eigenvalue weighted by Gasteiger charge is -2.34. The lowest BCUT2D eigenvalue weighted by atomic mass is 10.0. The predicted octanol–water partition coefficient (Wildman–Crippen LogP) is 6.46. The van der Waals surface area contributed by atoms with Gasteiger partial charge in [-0.05, 0) is 79.4 Å². The molecule has 0 saturated heterocycles. The van der Waals surface area contributed by atoms with Crippen molar-refractivity contribution in [3.8, 4) is 0 Å². The average molecular weight is 650 g/mol. The molecule has 0 bridgehead atoms. The van der Waals surface area contributed by atoms with E-state index in [9.17, 15) is 22.4 Å². The Balaban J connectivity index is 1.81. The Kier molecular flexibility index (Phi) is 11.4. The van der Waals surface area contributed by atoms with Crippen molar-refractivity contribution in [2.75, 3.05) is 17.4 Å². The first-order chi connectivity index (χ1) is 21.5. The van der Waals surface area contributed by atoms with Crippen LogP contribution >= 0.6 is 11.6 Å². The topological polar surface area (TPSA) is 86.8 Å². The largest absolute Gasteiger partial charge is 0.354 e. The van der Waals surface area contributed by atoms with E-state index >= 15 is 0 Å². The molecular formula is C35H37ClFN3O4S. The minimum atomic E-state index is -4.24. The Hall–Kier alpha value is -4.21. The molecule has 0 saturated carbocycles. The highest BCUT2D eigenvalue weighted by molar-refractivity contribution is 7.92. The fraction of sp³-hybridized carbons (Fsp3) is 0.257. The number of benzene rings is 4. The van der Waals surface area contributed by atoms with E-state index in [0.717, 1.165) is 15.4 Å². The van der Waals surface area contributed by atoms with Crippen molar-refractivity contribution in [1.29, 1.82) is 0 Å². The summed E-state index contributed by atoms with van der Waals surface area (Å²) in [7, 11) is -4.24. The highest BCUT2D eigenvalue weighted by atomic mass is 35.5. The lowest BCUT2D eigenvalue weighted by Crippen LogP contribution is -2.53. The van der Waals surface area contributed by atoms with E-state index in [1.807, 2.05) is 44.2 Å². The molecule has 10 heteroatoms. The van der Waals surface area contributed by atoms with E-state index in [-0.39, 0.29) is 29.5 Å². The number of aryl methyl sites for hydroxylation is 2. The van der Waals surface area contributed by atoms with E-state index in [2.05, 4.69) is 5.32 Å². The Bertz CT molecular complexity index is 1720. The summed E-state index contributed by atoms with van der Waals surface area (Å²) < 4.78 is 43.2. The van der Waals surface area contributed by atoms with Gasteiger partial charge in [0.25, 0.3) is 10.0 Å². The third-order valence-electron chi connectivity index (χ3n) is 7.40. The van der Waals surface area contributed by atoms with Crippen LogP contribution in [0.2, 0.25) is 5.02 Å². The van der Waals surface area contributed by atoms with Gasteiger partial charge in [-0.1, -0.05) is 78.7 Å². The van der Waals surface area contributed by atoms with Gasteiger partial charge in [0, 0.05) is 24.5 Å². The van der Waals surface area contributed by atoms with Gasteiger partial charge in [0.15, 0.2) is 0 Å². The molecule has 4 aromatic carbocycles. The second-order valence-electron chi connectivity index (χ2n) is 10.9. The Morgan fingerprint density at radius 3 is 2.18 bits per heavy atom. The van der Waals surface area contributed by atoms with Crippen LogP contribution in [0.5, 0.6) is 0 Å². The number of amides is 2. The Labute approximate surface area is 269 Å². The predicted molar refractivity (Wildman–Crippen MR) is 176 cm³/mol. The van der Waals surface area contributed by atoms with E-state index in [1.165, 1.54) is 29.2 Å². The van der Waals surface area contributed by atoms with Gasteiger partial charge in [-0.3, -0.25) is 13.9 Å². The van der Waals surface area contributed by atoms with Gasteiger partial charge in [0.2, 0.25) is 11.8 Å². The SMILES string of the molecule is CCCNC(=O)[C@@H](Cc1ccccc1)N(Cc1ccc(F)cc1)C(=O)CN(c1ccc(Cl)cc1C)S(=O)(=O)c1ccc(C)cc1. The Morgan fingerprint density at radius 1 is 0.889 bits per heavy atom. The van der Waals surface area contributed by atoms with Gasteiger partial charge in [-0.15, -0.1) is 0 Å². The van der Waals surface area contributed by atoms with Crippen LogP contribution in [-0.4, -0.2) is 44.3 Å². The van der Waals surface area contributed by atoms with Crippen molar-refractivity contribution >= 4 is 39.1 Å². The van der Waals surface area contributed by atoms with Gasteiger partial charge in [0.1, 0.15) is 18.4 Å². The Morgan fingerprint density at radius 2 is 1.56 bits per heavy atom. The summed E-state index contributed by atoms with van der Waals surface area (Å²) in [5, 5.41) is 3.33. The molecule has 0 heterocycles. The van der Waals surface area contributed by atoms with Crippen LogP contribution in [0.4, 0.5) is 10.1 Å². The molecular weight excluding hydrogens is 613 g/mol. The average Bonchev–Trinajstić information content (AvgIpc) is 3.02. The molecule has 0 fully saturated rings. The molecule has 1 N–H and O–H groups in total. The number of carbonyl (C=O) groups excluding carboxylic acids is 2. The summed E-state index contributed by atoms with van der Waals surface area (Å²) in [6.07, 6.45) is 0.877. The second kappa shape index (κ2) is 15.2. The van der Waals surface area contributed by atoms with E-state index in [4.69, 9.17) is 11.6 Å². The standard InChI is InChI=1S/C35H37ClFN3O4S/c1-4-20-38-35(42)33(22-27-8-6-5-7-9-27)39(23-28-12-15-30(37)16-13-28)34(41)24-40(32-19-14-29(36)21-26(32)3)45(43,44)31-17-10-25(2)11-18-31/h5-19,21,33H,4,20,22-24H2,1-3H3,(H,38,42)/t33-/m1/s1. The van der Waals surface area contributed by atoms with Crippen LogP contribution in [0.1, 0.15) is 35.6 Å². The first-order valence-corrected chi connectivity index (χ1v) is 16.5. The summed E-state index contributed by atoms with van der Waals surface area (Å²) >= 11 is 6.21. The summed E-state index contributed by atoms with van der Waals surface area (Å²) in [6, 6.07) is 25.1. The zero-order valence-corrected chi connectivity index (χ0v) is 27.1. The van der Waals surface area contributed by atoms with Crippen LogP contribution in [-0.2, 0) is 32.6 Å². The maximum atomic E-state index is 14.5. The van der Waals surface area contributed by atoms with Crippen molar-refractivity contribution in [1.82, 2.24) is 10.2 Å². The monoisotopic (exact) mass is 649 g/mol. The highest BCUT2D eigenvalue weighted by Crippen LogP contribution is 2.30. The van der Waals surface area contributed by atoms with Crippen molar-refractivity contribution in [3.63, 3.8) is 0 Å². The van der Waals surface area contributed by atoms with Crippen LogP contribution < -0.4 is 9.62 Å². The van der Waals surface area contributed by atoms with Crippen molar-refractivity contribution in [3.05, 3.63) is 130 Å². The van der Waals surface area contributed by atoms with Gasteiger partial charge in [-0.2, -0.15) is 0 Å². The second-order valence-corrected chi connectivity index (χ2v) is 13.2. The normalized spacial score (nSPS) is 11.9. The summed E-state index contributed by atoms with van der Waals surface area (Å²) in [5.41, 5.74) is 3.12. The first kappa shape index (κ1) is 33.7. The van der Waals surface area contributed by atoms with Gasteiger partial charge >= 0.3 is 0 Å². The van der Waals surface area contributed by atoms with Crippen LogP contribution in [0.25, 0.3) is 0 Å². The van der Waals surface area contributed by atoms with E-state index in [0.29, 0.717) is 29.1 Å². The van der Waals surface area contributed by atoms with Crippen molar-refractivity contribution in [2.45, 2.75) is 51.1 Å². The van der Waals surface area contributed by atoms with Crippen LogP contribution in [0.15, 0.2) is 102 Å². The van der Waals surface area contributed by atoms with E-state index < -0.39 is 34.3 Å². The number of halogens is 2. The third kappa shape index (κ3) is 8.71. The fourth-order valence-electron chi connectivity index (χ4n) is 4.96.